The third-order valence-electron chi connectivity index (χ3n) is 1.94. The number of rotatable bonds is 2. The standard InChI is InChI=1S/C10H16O2/c1-8(2)12-7-9-5-3-4-6-10(9)11/h7-8H,3-6H2,1-2H3. The maximum absolute atomic E-state index is 11.3. The fourth-order valence-electron chi connectivity index (χ4n) is 1.24. The molecule has 0 aromatic heterocycles. The Morgan fingerprint density at radius 1 is 1.33 bits per heavy atom. The molecule has 0 radical (unpaired) electrons. The van der Waals surface area contributed by atoms with Crippen LogP contribution in [0.3, 0.4) is 0 Å². The maximum Gasteiger partial charge on any atom is 0.161 e. The van der Waals surface area contributed by atoms with Crippen LogP contribution < -0.4 is 0 Å². The summed E-state index contributed by atoms with van der Waals surface area (Å²) in [6, 6.07) is 0. The molecular formula is C10H16O2. The highest BCUT2D eigenvalue weighted by molar-refractivity contribution is 5.95. The van der Waals surface area contributed by atoms with E-state index in [0.29, 0.717) is 6.42 Å². The molecule has 68 valence electrons. The summed E-state index contributed by atoms with van der Waals surface area (Å²) in [6.45, 7) is 3.93. The van der Waals surface area contributed by atoms with Crippen molar-refractivity contribution in [2.24, 2.45) is 0 Å². The quantitative estimate of drug-likeness (QED) is 0.467. The van der Waals surface area contributed by atoms with Crippen LogP contribution in [0.15, 0.2) is 11.8 Å². The molecule has 2 heteroatoms. The van der Waals surface area contributed by atoms with E-state index in [2.05, 4.69) is 0 Å². The van der Waals surface area contributed by atoms with Crippen LogP contribution in [-0.2, 0) is 9.53 Å². The third-order valence-corrected chi connectivity index (χ3v) is 1.94. The van der Waals surface area contributed by atoms with Gasteiger partial charge in [0.25, 0.3) is 0 Å². The normalized spacial score (nSPS) is 21.9. The lowest BCUT2D eigenvalue weighted by molar-refractivity contribution is -0.116. The molecule has 0 heterocycles. The summed E-state index contributed by atoms with van der Waals surface area (Å²) in [5, 5.41) is 0. The molecule has 1 aliphatic rings. The van der Waals surface area contributed by atoms with Gasteiger partial charge in [-0.3, -0.25) is 4.79 Å². The first kappa shape index (κ1) is 9.30. The lowest BCUT2D eigenvalue weighted by Crippen LogP contribution is -2.09. The van der Waals surface area contributed by atoms with Crippen LogP contribution in [-0.4, -0.2) is 11.9 Å². The smallest absolute Gasteiger partial charge is 0.161 e. The predicted octanol–water partition coefficient (Wildman–Crippen LogP) is 2.44. The molecule has 0 aliphatic heterocycles. The Hall–Kier alpha value is -0.790. The lowest BCUT2D eigenvalue weighted by atomic mass is 9.95. The van der Waals surface area contributed by atoms with Crippen LogP contribution in [0.2, 0.25) is 0 Å². The van der Waals surface area contributed by atoms with Gasteiger partial charge in [-0.15, -0.1) is 0 Å². The first-order valence-electron chi connectivity index (χ1n) is 4.58. The van der Waals surface area contributed by atoms with Gasteiger partial charge in [0.05, 0.1) is 12.4 Å². The van der Waals surface area contributed by atoms with Crippen molar-refractivity contribution in [3.8, 4) is 0 Å². The van der Waals surface area contributed by atoms with Gasteiger partial charge in [-0.25, -0.2) is 0 Å². The van der Waals surface area contributed by atoms with Gasteiger partial charge in [-0.05, 0) is 33.1 Å². The van der Waals surface area contributed by atoms with E-state index in [9.17, 15) is 4.79 Å². The van der Waals surface area contributed by atoms with Crippen molar-refractivity contribution in [2.45, 2.75) is 45.6 Å². The molecule has 0 amide bonds. The molecule has 2 nitrogen and oxygen atoms in total. The van der Waals surface area contributed by atoms with Gasteiger partial charge in [0.1, 0.15) is 0 Å². The molecule has 0 atom stereocenters. The summed E-state index contributed by atoms with van der Waals surface area (Å²) in [4.78, 5) is 11.3. The summed E-state index contributed by atoms with van der Waals surface area (Å²) in [6.07, 6.45) is 5.58. The molecule has 1 fully saturated rings. The second-order valence-electron chi connectivity index (χ2n) is 3.46. The van der Waals surface area contributed by atoms with E-state index in [-0.39, 0.29) is 11.9 Å². The van der Waals surface area contributed by atoms with Crippen LogP contribution in [0.25, 0.3) is 0 Å². The topological polar surface area (TPSA) is 26.3 Å². The Bertz CT molecular complexity index is 192. The van der Waals surface area contributed by atoms with E-state index < -0.39 is 0 Å². The highest BCUT2D eigenvalue weighted by atomic mass is 16.5. The van der Waals surface area contributed by atoms with Crippen molar-refractivity contribution in [1.82, 2.24) is 0 Å². The van der Waals surface area contributed by atoms with Crippen molar-refractivity contribution in [1.29, 1.82) is 0 Å². The van der Waals surface area contributed by atoms with Gasteiger partial charge in [0, 0.05) is 12.0 Å². The zero-order valence-corrected chi connectivity index (χ0v) is 7.80. The Morgan fingerprint density at radius 2 is 2.00 bits per heavy atom. The number of allylic oxidation sites excluding steroid dienone is 1. The first-order valence-corrected chi connectivity index (χ1v) is 4.58. The molecule has 0 spiro atoms. The van der Waals surface area contributed by atoms with Crippen molar-refractivity contribution < 1.29 is 9.53 Å². The summed E-state index contributed by atoms with van der Waals surface area (Å²) >= 11 is 0. The third kappa shape index (κ3) is 2.68. The molecule has 0 saturated heterocycles. The summed E-state index contributed by atoms with van der Waals surface area (Å²) < 4.78 is 5.27. The second kappa shape index (κ2) is 4.29. The minimum absolute atomic E-state index is 0.173. The Labute approximate surface area is 73.6 Å². The summed E-state index contributed by atoms with van der Waals surface area (Å²) in [7, 11) is 0. The van der Waals surface area contributed by atoms with Gasteiger partial charge >= 0.3 is 0 Å². The van der Waals surface area contributed by atoms with Crippen LogP contribution >= 0.6 is 0 Å². The van der Waals surface area contributed by atoms with Gasteiger partial charge in [-0.2, -0.15) is 0 Å². The van der Waals surface area contributed by atoms with E-state index in [1.165, 1.54) is 0 Å². The summed E-state index contributed by atoms with van der Waals surface area (Å²) in [5.74, 6) is 0.266. The fourth-order valence-corrected chi connectivity index (χ4v) is 1.24. The van der Waals surface area contributed by atoms with Crippen molar-refractivity contribution in [3.63, 3.8) is 0 Å². The van der Waals surface area contributed by atoms with Crippen LogP contribution in [0.1, 0.15) is 39.5 Å². The minimum atomic E-state index is 0.173. The average molecular weight is 168 g/mol. The molecule has 0 unspecified atom stereocenters. The molecule has 1 saturated carbocycles. The highest BCUT2D eigenvalue weighted by Gasteiger charge is 2.14. The van der Waals surface area contributed by atoms with Gasteiger partial charge < -0.3 is 4.74 Å². The Kier molecular flexibility index (Phi) is 3.32. The first-order chi connectivity index (χ1) is 5.70. The lowest BCUT2D eigenvalue weighted by Gasteiger charge is -2.13. The number of ether oxygens (including phenoxy) is 1. The van der Waals surface area contributed by atoms with Crippen LogP contribution in [0.4, 0.5) is 0 Å². The molecule has 1 rings (SSSR count). The van der Waals surface area contributed by atoms with Gasteiger partial charge in [0.15, 0.2) is 5.78 Å². The van der Waals surface area contributed by atoms with E-state index >= 15 is 0 Å². The number of ketones is 1. The van der Waals surface area contributed by atoms with Crippen LogP contribution in [0.5, 0.6) is 0 Å². The fraction of sp³-hybridized carbons (Fsp3) is 0.700. The molecule has 0 bridgehead atoms. The van der Waals surface area contributed by atoms with Gasteiger partial charge in [-0.1, -0.05) is 0 Å². The molecule has 0 N–H and O–H groups in total. The predicted molar refractivity (Wildman–Crippen MR) is 47.8 cm³/mol. The Morgan fingerprint density at radius 3 is 2.58 bits per heavy atom. The highest BCUT2D eigenvalue weighted by Crippen LogP contribution is 2.19. The minimum Gasteiger partial charge on any atom is -0.498 e. The maximum atomic E-state index is 11.3. The van der Waals surface area contributed by atoms with E-state index in [4.69, 9.17) is 4.74 Å². The number of hydrogen-bond donors (Lipinski definition) is 0. The summed E-state index contributed by atoms with van der Waals surface area (Å²) in [5.41, 5.74) is 0.870. The number of carbonyl (C=O) groups excluding carboxylic acids is 1. The van der Waals surface area contributed by atoms with Crippen molar-refractivity contribution in [3.05, 3.63) is 11.8 Å². The van der Waals surface area contributed by atoms with Gasteiger partial charge in [0.2, 0.25) is 0 Å². The van der Waals surface area contributed by atoms with E-state index in [1.807, 2.05) is 13.8 Å². The number of hydrogen-bond acceptors (Lipinski definition) is 2. The molecule has 0 aromatic carbocycles. The molecule has 0 aromatic rings. The zero-order chi connectivity index (χ0) is 8.97. The molecular weight excluding hydrogens is 152 g/mol. The second-order valence-corrected chi connectivity index (χ2v) is 3.46. The zero-order valence-electron chi connectivity index (χ0n) is 7.80. The average Bonchev–Trinajstić information content (AvgIpc) is 2.03. The van der Waals surface area contributed by atoms with Crippen LogP contribution in [0, 0.1) is 0 Å². The molecule has 12 heavy (non-hydrogen) atoms. The van der Waals surface area contributed by atoms with E-state index in [0.717, 1.165) is 24.8 Å². The SMILES string of the molecule is CC(C)OC=C1CCCCC1=O. The molecule has 1 aliphatic carbocycles. The van der Waals surface area contributed by atoms with E-state index in [1.54, 1.807) is 6.26 Å². The van der Waals surface area contributed by atoms with Crippen molar-refractivity contribution in [2.75, 3.05) is 0 Å². The number of carbonyl (C=O) groups is 1. The number of Topliss-reactive ketones (excluding diaryl/α,β-unsaturated/α-hetero) is 1. The van der Waals surface area contributed by atoms with Crippen molar-refractivity contribution >= 4 is 5.78 Å². The Balaban J connectivity index is 2.47. The largest absolute Gasteiger partial charge is 0.498 e. The monoisotopic (exact) mass is 168 g/mol.